The number of benzene rings is 1. The average Bonchev–Trinajstić information content (AvgIpc) is 2.40. The van der Waals surface area contributed by atoms with E-state index >= 15 is 0 Å². The van der Waals surface area contributed by atoms with Crippen LogP contribution in [-0.4, -0.2) is 26.3 Å². The van der Waals surface area contributed by atoms with Crippen molar-refractivity contribution in [2.24, 2.45) is 11.5 Å². The van der Waals surface area contributed by atoms with Crippen molar-refractivity contribution in [2.75, 3.05) is 26.3 Å². The summed E-state index contributed by atoms with van der Waals surface area (Å²) in [4.78, 5) is 0. The third kappa shape index (κ3) is 5.25. The van der Waals surface area contributed by atoms with Crippen LogP contribution in [-0.2, 0) is 0 Å². The van der Waals surface area contributed by atoms with E-state index in [1.807, 2.05) is 32.9 Å². The molecule has 0 aliphatic heterocycles. The fraction of sp³-hybridized carbons (Fsp3) is 0.538. The summed E-state index contributed by atoms with van der Waals surface area (Å²) in [5, 5.41) is 0. The van der Waals surface area contributed by atoms with E-state index in [4.69, 9.17) is 20.9 Å². The molecule has 104 valence electrons. The van der Waals surface area contributed by atoms with Gasteiger partial charge in [0.05, 0.1) is 4.47 Å². The highest BCUT2D eigenvalue weighted by Crippen LogP contribution is 2.37. The minimum absolute atomic E-state index is 0.459. The van der Waals surface area contributed by atoms with Gasteiger partial charge in [0.15, 0.2) is 11.5 Å². The second kappa shape index (κ2) is 10.2. The highest BCUT2D eigenvalue weighted by Gasteiger charge is 2.12. The Balaban J connectivity index is 0.00000137. The second-order valence-corrected chi connectivity index (χ2v) is 4.15. The molecule has 0 fully saturated rings. The fourth-order valence-corrected chi connectivity index (χ4v) is 1.70. The van der Waals surface area contributed by atoms with Crippen LogP contribution in [0.3, 0.4) is 0 Å². The maximum absolute atomic E-state index is 5.57. The SMILES string of the molecule is CC.Cc1ccc(Br)c(OCCN)c1OCCN. The highest BCUT2D eigenvalue weighted by atomic mass is 79.9. The number of ether oxygens (including phenoxy) is 2. The molecule has 0 unspecified atom stereocenters. The Kier molecular flexibility index (Phi) is 9.73. The van der Waals surface area contributed by atoms with E-state index < -0.39 is 0 Å². The monoisotopic (exact) mass is 318 g/mol. The van der Waals surface area contributed by atoms with E-state index in [9.17, 15) is 0 Å². The molecule has 1 rings (SSSR count). The van der Waals surface area contributed by atoms with Crippen LogP contribution in [0.5, 0.6) is 11.5 Å². The summed E-state index contributed by atoms with van der Waals surface area (Å²) < 4.78 is 12.0. The van der Waals surface area contributed by atoms with E-state index in [0.717, 1.165) is 15.8 Å². The normalized spacial score (nSPS) is 9.44. The molecular formula is C13H23BrN2O2. The Morgan fingerprint density at radius 2 is 1.50 bits per heavy atom. The summed E-state index contributed by atoms with van der Waals surface area (Å²) in [5.41, 5.74) is 11.8. The molecule has 0 saturated heterocycles. The second-order valence-electron chi connectivity index (χ2n) is 3.30. The lowest BCUT2D eigenvalue weighted by molar-refractivity contribution is 0.275. The lowest BCUT2D eigenvalue weighted by Crippen LogP contribution is -2.14. The molecule has 18 heavy (non-hydrogen) atoms. The number of halogens is 1. The summed E-state index contributed by atoms with van der Waals surface area (Å²) in [5.74, 6) is 1.42. The third-order valence-corrected chi connectivity index (χ3v) is 2.61. The Hall–Kier alpha value is -0.780. The molecular weight excluding hydrogens is 296 g/mol. The van der Waals surface area contributed by atoms with Gasteiger partial charge in [-0.2, -0.15) is 0 Å². The van der Waals surface area contributed by atoms with Gasteiger partial charge in [0.1, 0.15) is 13.2 Å². The van der Waals surface area contributed by atoms with Crippen LogP contribution in [0.2, 0.25) is 0 Å². The van der Waals surface area contributed by atoms with E-state index in [0.29, 0.717) is 32.1 Å². The van der Waals surface area contributed by atoms with Crippen molar-refractivity contribution in [3.05, 3.63) is 22.2 Å². The summed E-state index contributed by atoms with van der Waals surface area (Å²) in [6.45, 7) is 7.84. The van der Waals surface area contributed by atoms with Gasteiger partial charge in [-0.05, 0) is 34.5 Å². The van der Waals surface area contributed by atoms with Gasteiger partial charge in [-0.3, -0.25) is 0 Å². The van der Waals surface area contributed by atoms with E-state index in [2.05, 4.69) is 15.9 Å². The number of hydrogen-bond acceptors (Lipinski definition) is 4. The van der Waals surface area contributed by atoms with Crippen LogP contribution in [0.1, 0.15) is 19.4 Å². The Morgan fingerprint density at radius 3 is 2.00 bits per heavy atom. The molecule has 0 spiro atoms. The zero-order chi connectivity index (χ0) is 14.0. The molecule has 0 saturated carbocycles. The van der Waals surface area contributed by atoms with Crippen LogP contribution in [0, 0.1) is 6.92 Å². The van der Waals surface area contributed by atoms with Crippen molar-refractivity contribution in [3.8, 4) is 11.5 Å². The van der Waals surface area contributed by atoms with Crippen LogP contribution < -0.4 is 20.9 Å². The van der Waals surface area contributed by atoms with Crippen molar-refractivity contribution < 1.29 is 9.47 Å². The van der Waals surface area contributed by atoms with Crippen molar-refractivity contribution in [2.45, 2.75) is 20.8 Å². The zero-order valence-corrected chi connectivity index (χ0v) is 12.9. The van der Waals surface area contributed by atoms with E-state index in [-0.39, 0.29) is 0 Å². The van der Waals surface area contributed by atoms with Gasteiger partial charge < -0.3 is 20.9 Å². The molecule has 4 nitrogen and oxygen atoms in total. The molecule has 4 N–H and O–H groups in total. The van der Waals surface area contributed by atoms with Gasteiger partial charge in [0, 0.05) is 13.1 Å². The lowest BCUT2D eigenvalue weighted by Gasteiger charge is -2.15. The molecule has 1 aromatic carbocycles. The minimum atomic E-state index is 0.459. The van der Waals surface area contributed by atoms with Gasteiger partial charge in [-0.1, -0.05) is 19.9 Å². The molecule has 0 aromatic heterocycles. The smallest absolute Gasteiger partial charge is 0.175 e. The molecule has 1 aromatic rings. The van der Waals surface area contributed by atoms with Crippen molar-refractivity contribution in [3.63, 3.8) is 0 Å². The molecule has 0 bridgehead atoms. The Morgan fingerprint density at radius 1 is 1.00 bits per heavy atom. The average molecular weight is 319 g/mol. The van der Waals surface area contributed by atoms with Gasteiger partial charge in [0.2, 0.25) is 0 Å². The van der Waals surface area contributed by atoms with Gasteiger partial charge >= 0.3 is 0 Å². The maximum Gasteiger partial charge on any atom is 0.175 e. The first-order valence-electron chi connectivity index (χ1n) is 6.15. The predicted octanol–water partition coefficient (Wildman–Crippen LogP) is 2.46. The zero-order valence-electron chi connectivity index (χ0n) is 11.3. The van der Waals surface area contributed by atoms with Gasteiger partial charge in [0.25, 0.3) is 0 Å². The molecule has 0 aliphatic rings. The lowest BCUT2D eigenvalue weighted by atomic mass is 10.2. The Labute approximate surface area is 118 Å². The van der Waals surface area contributed by atoms with Crippen molar-refractivity contribution in [1.82, 2.24) is 0 Å². The largest absolute Gasteiger partial charge is 0.488 e. The topological polar surface area (TPSA) is 70.5 Å². The molecule has 0 atom stereocenters. The van der Waals surface area contributed by atoms with Crippen LogP contribution in [0.25, 0.3) is 0 Å². The number of aryl methyl sites for hydroxylation is 1. The first-order valence-corrected chi connectivity index (χ1v) is 6.94. The standard InChI is InChI=1S/C11H17BrN2O2.C2H6/c1-8-2-3-9(12)11(16-7-5-14)10(8)15-6-4-13;1-2/h2-3H,4-7,13-14H2,1H3;1-2H3. The molecule has 0 radical (unpaired) electrons. The molecule has 0 amide bonds. The van der Waals surface area contributed by atoms with E-state index in [1.165, 1.54) is 0 Å². The fourth-order valence-electron chi connectivity index (χ4n) is 1.27. The summed E-state index contributed by atoms with van der Waals surface area (Å²) in [7, 11) is 0. The van der Waals surface area contributed by atoms with Crippen LogP contribution in [0.4, 0.5) is 0 Å². The Bertz CT molecular complexity index is 313. The number of nitrogens with two attached hydrogens (primary N) is 2. The maximum atomic E-state index is 5.57. The number of hydrogen-bond donors (Lipinski definition) is 2. The quantitative estimate of drug-likeness (QED) is 0.845. The molecule has 0 aliphatic carbocycles. The minimum Gasteiger partial charge on any atom is -0.488 e. The van der Waals surface area contributed by atoms with E-state index in [1.54, 1.807) is 0 Å². The third-order valence-electron chi connectivity index (χ3n) is 1.99. The van der Waals surface area contributed by atoms with Crippen LogP contribution in [0.15, 0.2) is 16.6 Å². The summed E-state index contributed by atoms with van der Waals surface area (Å²) in [6, 6.07) is 3.89. The van der Waals surface area contributed by atoms with Gasteiger partial charge in [-0.15, -0.1) is 0 Å². The van der Waals surface area contributed by atoms with Gasteiger partial charge in [-0.25, -0.2) is 0 Å². The summed E-state index contributed by atoms with van der Waals surface area (Å²) in [6.07, 6.45) is 0. The van der Waals surface area contributed by atoms with Crippen molar-refractivity contribution >= 4 is 15.9 Å². The van der Waals surface area contributed by atoms with Crippen LogP contribution >= 0.6 is 15.9 Å². The number of rotatable bonds is 6. The molecule has 0 heterocycles. The summed E-state index contributed by atoms with van der Waals surface area (Å²) >= 11 is 3.43. The molecule has 5 heteroatoms. The highest BCUT2D eigenvalue weighted by molar-refractivity contribution is 9.10. The van der Waals surface area contributed by atoms with Crippen molar-refractivity contribution in [1.29, 1.82) is 0 Å². The predicted molar refractivity (Wildman–Crippen MR) is 79.3 cm³/mol. The first kappa shape index (κ1) is 17.2. The first-order chi connectivity index (χ1) is 8.70.